The minimum Gasteiger partial charge on any atom is -0.397 e. The van der Waals surface area contributed by atoms with E-state index in [4.69, 9.17) is 15.2 Å². The number of nitrogens with zero attached hydrogens (tertiary/aromatic N) is 3. The smallest absolute Gasteiger partial charge is 0.269 e. The van der Waals surface area contributed by atoms with E-state index in [1.54, 1.807) is 24.3 Å². The number of nitrogen functional groups attached to an aromatic ring is 1. The van der Waals surface area contributed by atoms with Crippen molar-refractivity contribution in [3.05, 3.63) is 129 Å². The molecule has 0 aromatic heterocycles. The molecule has 13 nitrogen and oxygen atoms in total. The molecule has 3 atom stereocenters. The van der Waals surface area contributed by atoms with Crippen molar-refractivity contribution in [2.75, 3.05) is 48.7 Å². The van der Waals surface area contributed by atoms with Crippen molar-refractivity contribution in [1.29, 1.82) is 0 Å². The van der Waals surface area contributed by atoms with Crippen LogP contribution >= 0.6 is 0 Å². The number of piperazine rings is 1. The van der Waals surface area contributed by atoms with Crippen LogP contribution in [0.2, 0.25) is 0 Å². The molecule has 290 valence electrons. The lowest BCUT2D eigenvalue weighted by Crippen LogP contribution is -2.49. The van der Waals surface area contributed by atoms with E-state index < -0.39 is 6.29 Å². The number of carbonyl (C=O) groups is 2. The van der Waals surface area contributed by atoms with Gasteiger partial charge >= 0.3 is 0 Å². The van der Waals surface area contributed by atoms with Crippen molar-refractivity contribution < 1.29 is 29.1 Å². The summed E-state index contributed by atoms with van der Waals surface area (Å²) in [6.45, 7) is 4.39. The van der Waals surface area contributed by atoms with E-state index in [0.717, 1.165) is 67.1 Å². The third-order valence-corrected chi connectivity index (χ3v) is 10.2. The fourth-order valence-corrected chi connectivity index (χ4v) is 6.95. The number of unbranched alkanes of at least 4 members (excludes halogenated alkanes) is 2. The molecule has 0 aliphatic carbocycles. The second-order valence-electron chi connectivity index (χ2n) is 14.1. The first-order valence-corrected chi connectivity index (χ1v) is 19.0. The van der Waals surface area contributed by atoms with Crippen LogP contribution in [-0.4, -0.2) is 65.6 Å². The normalized spacial score (nSPS) is 18.8. The highest BCUT2D eigenvalue weighted by Crippen LogP contribution is 2.38. The van der Waals surface area contributed by atoms with Gasteiger partial charge in [-0.25, -0.2) is 0 Å². The number of aliphatic hydroxyl groups is 1. The van der Waals surface area contributed by atoms with Crippen molar-refractivity contribution in [2.45, 2.75) is 70.2 Å². The summed E-state index contributed by atoms with van der Waals surface area (Å²) in [4.78, 5) is 40.1. The predicted molar refractivity (Wildman–Crippen MR) is 211 cm³/mol. The fraction of sp³-hybridized carbons (Fsp3) is 0.381. The zero-order valence-corrected chi connectivity index (χ0v) is 31.0. The molecule has 13 heteroatoms. The number of anilines is 3. The predicted octanol–water partition coefficient (Wildman–Crippen LogP) is 6.24. The molecule has 0 spiro atoms. The lowest BCUT2D eigenvalue weighted by atomic mass is 9.99. The van der Waals surface area contributed by atoms with Gasteiger partial charge in [-0.05, 0) is 53.8 Å². The van der Waals surface area contributed by atoms with Crippen LogP contribution in [0, 0.1) is 10.1 Å². The lowest BCUT2D eigenvalue weighted by Gasteiger charge is -2.41. The highest BCUT2D eigenvalue weighted by molar-refractivity contribution is 5.93. The first-order chi connectivity index (χ1) is 26.7. The lowest BCUT2D eigenvalue weighted by molar-refractivity contribution is -0.384. The number of nitrogens with one attached hydrogen (secondary N) is 2. The van der Waals surface area contributed by atoms with Gasteiger partial charge in [0.05, 0.1) is 35.1 Å². The minimum absolute atomic E-state index is 0.0228. The largest absolute Gasteiger partial charge is 0.397 e. The van der Waals surface area contributed by atoms with Gasteiger partial charge in [0.25, 0.3) is 5.69 Å². The highest BCUT2D eigenvalue weighted by atomic mass is 16.7. The number of nitro groups is 1. The number of hydrogen-bond donors (Lipinski definition) is 4. The number of rotatable bonds is 16. The molecule has 4 aromatic rings. The SMILES string of the molecule is Nc1ccccc1NC(=O)CCCCCC(=O)NCc1ccc([C@H]2O[C@@H](CN3CCN(c4ccc([N+](=O)[O-])cc4)CC3)C[C@@H](c3ccc(CO)cc3)O2)cc1. The average molecular weight is 751 g/mol. The maximum absolute atomic E-state index is 12.6. The molecule has 0 radical (unpaired) electrons. The van der Waals surface area contributed by atoms with Crippen molar-refractivity contribution >= 4 is 34.6 Å². The van der Waals surface area contributed by atoms with E-state index >= 15 is 0 Å². The van der Waals surface area contributed by atoms with Crippen LogP contribution in [-0.2, 0) is 32.2 Å². The second kappa shape index (κ2) is 19.3. The summed E-state index contributed by atoms with van der Waals surface area (Å²) >= 11 is 0. The number of aliphatic hydroxyl groups excluding tert-OH is 1. The number of hydrogen-bond acceptors (Lipinski definition) is 10. The van der Waals surface area contributed by atoms with E-state index in [1.807, 2.05) is 72.8 Å². The monoisotopic (exact) mass is 750 g/mol. The first kappa shape index (κ1) is 39.4. The second-order valence-corrected chi connectivity index (χ2v) is 14.1. The van der Waals surface area contributed by atoms with Crippen molar-refractivity contribution in [3.8, 4) is 0 Å². The fourth-order valence-electron chi connectivity index (χ4n) is 6.95. The van der Waals surface area contributed by atoms with Crippen LogP contribution in [0.5, 0.6) is 0 Å². The Bertz CT molecular complexity index is 1860. The first-order valence-electron chi connectivity index (χ1n) is 19.0. The van der Waals surface area contributed by atoms with Gasteiger partial charge in [0.2, 0.25) is 11.8 Å². The molecular weight excluding hydrogens is 700 g/mol. The number of amides is 2. The van der Waals surface area contributed by atoms with E-state index in [-0.39, 0.29) is 41.2 Å². The van der Waals surface area contributed by atoms with Gasteiger partial charge < -0.3 is 35.8 Å². The highest BCUT2D eigenvalue weighted by Gasteiger charge is 2.34. The van der Waals surface area contributed by atoms with Crippen LogP contribution in [0.3, 0.4) is 0 Å². The molecule has 6 rings (SSSR count). The topological polar surface area (TPSA) is 173 Å². The summed E-state index contributed by atoms with van der Waals surface area (Å²) < 4.78 is 13.1. The molecule has 4 aromatic carbocycles. The van der Waals surface area contributed by atoms with Gasteiger partial charge in [0.1, 0.15) is 0 Å². The number of benzene rings is 4. The van der Waals surface area contributed by atoms with Crippen molar-refractivity contribution in [1.82, 2.24) is 10.2 Å². The Hall–Kier alpha value is -5.34. The standard InChI is InChI=1S/C42H50N6O7/c43-37-6-4-5-7-38(37)45-41(51)9-3-1-2-8-40(50)44-27-30-10-16-33(17-11-30)42-54-36(26-39(55-42)32-14-12-31(29-49)13-15-32)28-46-22-24-47(25-23-46)34-18-20-35(21-19-34)48(52)53/h4-7,10-21,36,39,42,49H,1-3,8-9,22-29,43H2,(H,44,50)(H,45,51)/t36-,39+,42+/m1/s1. The Labute approximate surface area is 321 Å². The Morgan fingerprint density at radius 2 is 1.45 bits per heavy atom. The molecule has 0 saturated carbocycles. The molecule has 2 aliphatic heterocycles. The summed E-state index contributed by atoms with van der Waals surface area (Å²) in [5.74, 6) is -0.120. The molecule has 2 aliphatic rings. The van der Waals surface area contributed by atoms with Crippen LogP contribution in [0.4, 0.5) is 22.7 Å². The maximum Gasteiger partial charge on any atom is 0.269 e. The number of non-ortho nitro benzene ring substituents is 1. The molecule has 5 N–H and O–H groups in total. The zero-order valence-electron chi connectivity index (χ0n) is 31.0. The number of ether oxygens (including phenoxy) is 2. The Balaban J connectivity index is 0.975. The summed E-state index contributed by atoms with van der Waals surface area (Å²) in [6, 6.07) is 29.6. The van der Waals surface area contributed by atoms with Crippen LogP contribution in [0.25, 0.3) is 0 Å². The summed E-state index contributed by atoms with van der Waals surface area (Å²) in [6.07, 6.45) is 2.72. The quantitative estimate of drug-likeness (QED) is 0.0445. The van der Waals surface area contributed by atoms with E-state index in [2.05, 4.69) is 20.4 Å². The Morgan fingerprint density at radius 3 is 2.13 bits per heavy atom. The Morgan fingerprint density at radius 1 is 0.800 bits per heavy atom. The third-order valence-electron chi connectivity index (χ3n) is 10.2. The molecule has 2 amide bonds. The third kappa shape index (κ3) is 11.3. The summed E-state index contributed by atoms with van der Waals surface area (Å²) in [7, 11) is 0. The summed E-state index contributed by atoms with van der Waals surface area (Å²) in [5, 5.41) is 26.5. The van der Waals surface area contributed by atoms with E-state index in [9.17, 15) is 24.8 Å². The van der Waals surface area contributed by atoms with Gasteiger partial charge in [-0.15, -0.1) is 0 Å². The van der Waals surface area contributed by atoms with Crippen LogP contribution < -0.4 is 21.3 Å². The van der Waals surface area contributed by atoms with Gasteiger partial charge in [-0.3, -0.25) is 24.6 Å². The molecule has 55 heavy (non-hydrogen) atoms. The molecule has 0 bridgehead atoms. The van der Waals surface area contributed by atoms with Crippen LogP contribution in [0.15, 0.2) is 97.1 Å². The molecule has 2 fully saturated rings. The van der Waals surface area contributed by atoms with Crippen molar-refractivity contribution in [3.63, 3.8) is 0 Å². The summed E-state index contributed by atoms with van der Waals surface area (Å²) in [5.41, 5.74) is 11.8. The average Bonchev–Trinajstić information content (AvgIpc) is 3.21. The minimum atomic E-state index is -0.585. The van der Waals surface area contributed by atoms with E-state index in [0.29, 0.717) is 50.0 Å². The van der Waals surface area contributed by atoms with Gasteiger partial charge in [0.15, 0.2) is 6.29 Å². The number of para-hydroxylation sites is 2. The Kier molecular flexibility index (Phi) is 13.8. The van der Waals surface area contributed by atoms with Gasteiger partial charge in [-0.2, -0.15) is 0 Å². The molecule has 2 heterocycles. The molecule has 2 saturated heterocycles. The number of nitrogens with two attached hydrogens (primary N) is 1. The number of nitro benzene ring substituents is 1. The maximum atomic E-state index is 12.6. The van der Waals surface area contributed by atoms with Crippen LogP contribution in [0.1, 0.15) is 73.2 Å². The van der Waals surface area contributed by atoms with Gasteiger partial charge in [0, 0.05) is 81.9 Å². The molecular formula is C42H50N6O7. The zero-order chi connectivity index (χ0) is 38.6. The molecule has 0 unspecified atom stereocenters. The van der Waals surface area contributed by atoms with E-state index in [1.165, 1.54) is 0 Å². The number of carbonyl (C=O) groups excluding carboxylic acids is 2. The van der Waals surface area contributed by atoms with Gasteiger partial charge in [-0.1, -0.05) is 67.1 Å². The van der Waals surface area contributed by atoms with Crippen molar-refractivity contribution in [2.24, 2.45) is 0 Å².